The fourth-order valence-corrected chi connectivity index (χ4v) is 2.50. The van der Waals surface area contributed by atoms with Gasteiger partial charge in [0, 0.05) is 5.56 Å². The Labute approximate surface area is 129 Å². The Morgan fingerprint density at radius 3 is 2.43 bits per heavy atom. The van der Waals surface area contributed by atoms with Gasteiger partial charge in [0.15, 0.2) is 0 Å². The lowest BCUT2D eigenvalue weighted by molar-refractivity contribution is 0.1000. The smallest absolute Gasteiger partial charge is 0.294 e. The lowest BCUT2D eigenvalue weighted by atomic mass is 10.2. The summed E-state index contributed by atoms with van der Waals surface area (Å²) in [4.78, 5) is 11.9. The standard InChI is InChI=1S/C13H10N4O5S/c14-13(19)7-1-4-12(18)11(5-7)17-15-9-3-2-8(23(20,21)22)6-10(9)16-17/h1-6,18H,(H2,14,19)(H,20,21,22). The number of benzene rings is 2. The van der Waals surface area contributed by atoms with Crippen LogP contribution in [0.4, 0.5) is 0 Å². The number of rotatable bonds is 3. The molecule has 23 heavy (non-hydrogen) atoms. The van der Waals surface area contributed by atoms with Gasteiger partial charge < -0.3 is 10.8 Å². The van der Waals surface area contributed by atoms with Crippen molar-refractivity contribution in [2.24, 2.45) is 5.73 Å². The minimum Gasteiger partial charge on any atom is -0.506 e. The molecule has 0 aliphatic rings. The molecular weight excluding hydrogens is 324 g/mol. The molecule has 10 heteroatoms. The van der Waals surface area contributed by atoms with Gasteiger partial charge in [-0.15, -0.1) is 15.0 Å². The van der Waals surface area contributed by atoms with Crippen molar-refractivity contribution < 1.29 is 22.9 Å². The van der Waals surface area contributed by atoms with Crippen LogP contribution in [-0.2, 0) is 10.1 Å². The molecule has 118 valence electrons. The number of hydrogen-bond donors (Lipinski definition) is 3. The highest BCUT2D eigenvalue weighted by Gasteiger charge is 2.15. The van der Waals surface area contributed by atoms with Crippen LogP contribution < -0.4 is 5.73 Å². The first-order chi connectivity index (χ1) is 10.8. The van der Waals surface area contributed by atoms with E-state index in [4.69, 9.17) is 10.3 Å². The van der Waals surface area contributed by atoms with E-state index in [0.717, 1.165) is 10.9 Å². The molecule has 0 radical (unpaired) electrons. The summed E-state index contributed by atoms with van der Waals surface area (Å²) in [5.74, 6) is -0.873. The Morgan fingerprint density at radius 2 is 1.78 bits per heavy atom. The number of phenolic OH excluding ortho intramolecular Hbond substituents is 1. The Kier molecular flexibility index (Phi) is 3.27. The number of carbonyl (C=O) groups is 1. The average Bonchev–Trinajstić information content (AvgIpc) is 2.89. The Bertz CT molecular complexity index is 1040. The second-order valence-electron chi connectivity index (χ2n) is 4.68. The maximum Gasteiger partial charge on any atom is 0.294 e. The number of primary amides is 1. The van der Waals surface area contributed by atoms with Gasteiger partial charge in [-0.05, 0) is 36.4 Å². The largest absolute Gasteiger partial charge is 0.506 e. The van der Waals surface area contributed by atoms with Crippen LogP contribution in [0.2, 0.25) is 0 Å². The van der Waals surface area contributed by atoms with Crippen LogP contribution in [0.5, 0.6) is 5.75 Å². The Balaban J connectivity index is 2.18. The minimum atomic E-state index is -4.36. The number of fused-ring (bicyclic) bond motifs is 1. The SMILES string of the molecule is NC(=O)c1ccc(O)c(-n2nc3ccc(S(=O)(=O)O)cc3n2)c1. The molecule has 0 saturated heterocycles. The molecule has 1 amide bonds. The fourth-order valence-electron chi connectivity index (χ4n) is 2.00. The van der Waals surface area contributed by atoms with Crippen molar-refractivity contribution in [1.82, 2.24) is 15.0 Å². The van der Waals surface area contributed by atoms with Crippen molar-refractivity contribution in [1.29, 1.82) is 0 Å². The van der Waals surface area contributed by atoms with Crippen molar-refractivity contribution >= 4 is 27.1 Å². The third-order valence-corrected chi connectivity index (χ3v) is 3.97. The molecule has 0 spiro atoms. The van der Waals surface area contributed by atoms with E-state index in [2.05, 4.69) is 10.2 Å². The van der Waals surface area contributed by atoms with Crippen molar-refractivity contribution in [3.8, 4) is 11.4 Å². The molecule has 3 rings (SSSR count). The van der Waals surface area contributed by atoms with Gasteiger partial charge in [0.1, 0.15) is 22.5 Å². The zero-order valence-corrected chi connectivity index (χ0v) is 12.2. The van der Waals surface area contributed by atoms with E-state index in [-0.39, 0.29) is 27.4 Å². The first-order valence-electron chi connectivity index (χ1n) is 6.23. The number of carbonyl (C=O) groups excluding carboxylic acids is 1. The van der Waals surface area contributed by atoms with E-state index in [9.17, 15) is 18.3 Å². The first-order valence-corrected chi connectivity index (χ1v) is 7.67. The maximum atomic E-state index is 11.2. The third kappa shape index (κ3) is 2.72. The van der Waals surface area contributed by atoms with Crippen LogP contribution in [0, 0.1) is 0 Å². The summed E-state index contributed by atoms with van der Waals surface area (Å²) < 4.78 is 31.3. The predicted octanol–water partition coefficient (Wildman–Crippen LogP) is 0.472. The molecule has 0 bridgehead atoms. The number of aromatic hydroxyl groups is 1. The normalized spacial score (nSPS) is 11.7. The van der Waals surface area contributed by atoms with Crippen LogP contribution in [-0.4, -0.2) is 39.0 Å². The van der Waals surface area contributed by atoms with Gasteiger partial charge in [-0.3, -0.25) is 9.35 Å². The number of hydrogen-bond acceptors (Lipinski definition) is 6. The number of nitrogens with zero attached hydrogens (tertiary/aromatic N) is 3. The summed E-state index contributed by atoms with van der Waals surface area (Å²) in [5, 5.41) is 18.0. The van der Waals surface area contributed by atoms with E-state index in [1.54, 1.807) is 0 Å². The van der Waals surface area contributed by atoms with Crippen molar-refractivity contribution in [2.45, 2.75) is 4.90 Å². The van der Waals surface area contributed by atoms with E-state index >= 15 is 0 Å². The molecule has 0 atom stereocenters. The van der Waals surface area contributed by atoms with Crippen molar-refractivity contribution in [3.63, 3.8) is 0 Å². The average molecular weight is 334 g/mol. The summed E-state index contributed by atoms with van der Waals surface area (Å²) in [7, 11) is -4.36. The third-order valence-electron chi connectivity index (χ3n) is 3.13. The van der Waals surface area contributed by atoms with Gasteiger partial charge in [-0.2, -0.15) is 8.42 Å². The van der Waals surface area contributed by atoms with Crippen molar-refractivity contribution in [3.05, 3.63) is 42.0 Å². The van der Waals surface area contributed by atoms with Crippen LogP contribution in [0.1, 0.15) is 10.4 Å². The van der Waals surface area contributed by atoms with Crippen molar-refractivity contribution in [2.75, 3.05) is 0 Å². The molecule has 3 aromatic rings. The number of phenols is 1. The number of nitrogens with two attached hydrogens (primary N) is 1. The zero-order valence-electron chi connectivity index (χ0n) is 11.4. The van der Waals surface area contributed by atoms with E-state index in [0.29, 0.717) is 5.52 Å². The molecule has 4 N–H and O–H groups in total. The van der Waals surface area contributed by atoms with Gasteiger partial charge in [0.2, 0.25) is 5.91 Å². The van der Waals surface area contributed by atoms with Gasteiger partial charge in [-0.1, -0.05) is 0 Å². The second kappa shape index (κ2) is 5.04. The summed E-state index contributed by atoms with van der Waals surface area (Å²) >= 11 is 0. The highest BCUT2D eigenvalue weighted by atomic mass is 32.2. The molecule has 0 aliphatic carbocycles. The highest BCUT2D eigenvalue weighted by molar-refractivity contribution is 7.85. The van der Waals surface area contributed by atoms with Gasteiger partial charge in [-0.25, -0.2) is 0 Å². The van der Waals surface area contributed by atoms with E-state index in [1.807, 2.05) is 0 Å². The van der Waals surface area contributed by atoms with Gasteiger partial charge in [0.25, 0.3) is 10.1 Å². The van der Waals surface area contributed by atoms with Crippen LogP contribution in [0.25, 0.3) is 16.7 Å². The fraction of sp³-hybridized carbons (Fsp3) is 0. The van der Waals surface area contributed by atoms with Crippen LogP contribution in [0.3, 0.4) is 0 Å². The molecule has 1 aromatic heterocycles. The lowest BCUT2D eigenvalue weighted by Gasteiger charge is -2.04. The minimum absolute atomic E-state index is 0.103. The van der Waals surface area contributed by atoms with E-state index in [1.165, 1.54) is 30.3 Å². The topological polar surface area (TPSA) is 148 Å². The van der Waals surface area contributed by atoms with E-state index < -0.39 is 16.0 Å². The predicted molar refractivity (Wildman–Crippen MR) is 78.9 cm³/mol. The monoisotopic (exact) mass is 334 g/mol. The van der Waals surface area contributed by atoms with Crippen LogP contribution >= 0.6 is 0 Å². The summed E-state index contributed by atoms with van der Waals surface area (Å²) in [6.45, 7) is 0. The summed E-state index contributed by atoms with van der Waals surface area (Å²) in [6.07, 6.45) is 0. The summed E-state index contributed by atoms with van der Waals surface area (Å²) in [6, 6.07) is 7.60. The van der Waals surface area contributed by atoms with Gasteiger partial charge >= 0.3 is 0 Å². The molecule has 1 heterocycles. The highest BCUT2D eigenvalue weighted by Crippen LogP contribution is 2.24. The molecule has 0 fully saturated rings. The zero-order chi connectivity index (χ0) is 16.8. The Hall–Kier alpha value is -2.98. The molecular formula is C13H10N4O5S. The maximum absolute atomic E-state index is 11.2. The number of amides is 1. The molecule has 2 aromatic carbocycles. The first kappa shape index (κ1) is 14.9. The number of aromatic nitrogens is 3. The molecule has 0 aliphatic heterocycles. The lowest BCUT2D eigenvalue weighted by Crippen LogP contribution is -2.11. The quantitative estimate of drug-likeness (QED) is 0.589. The molecule has 0 unspecified atom stereocenters. The Morgan fingerprint density at radius 1 is 1.09 bits per heavy atom. The molecule has 0 saturated carbocycles. The van der Waals surface area contributed by atoms with Gasteiger partial charge in [0.05, 0.1) is 4.90 Å². The second-order valence-corrected chi connectivity index (χ2v) is 6.10. The van der Waals surface area contributed by atoms with Crippen LogP contribution in [0.15, 0.2) is 41.3 Å². The summed E-state index contributed by atoms with van der Waals surface area (Å²) in [5.41, 5.74) is 5.96. The molecule has 9 nitrogen and oxygen atoms in total.